The van der Waals surface area contributed by atoms with E-state index in [0.29, 0.717) is 49.3 Å². The van der Waals surface area contributed by atoms with Gasteiger partial charge in [0, 0.05) is 38.9 Å². The van der Waals surface area contributed by atoms with Crippen molar-refractivity contribution in [3.63, 3.8) is 0 Å². The lowest BCUT2D eigenvalue weighted by Gasteiger charge is -2.35. The molecular formula is C28H38N6O3. The van der Waals surface area contributed by atoms with Gasteiger partial charge in [0.1, 0.15) is 18.4 Å². The third-order valence-corrected chi connectivity index (χ3v) is 7.44. The van der Waals surface area contributed by atoms with Crippen LogP contribution in [0.15, 0.2) is 30.5 Å². The topological polar surface area (TPSA) is 105 Å². The first-order chi connectivity index (χ1) is 17.8. The zero-order valence-corrected chi connectivity index (χ0v) is 22.1. The molecule has 0 radical (unpaired) electrons. The summed E-state index contributed by atoms with van der Waals surface area (Å²) in [5.74, 6) is 0.782. The molecule has 3 heterocycles. The Bertz CT molecular complexity index is 1120. The maximum absolute atomic E-state index is 12.9. The number of hydrogen-bond acceptors (Lipinski definition) is 6. The molecule has 0 unspecified atom stereocenters. The molecule has 0 spiro atoms. The summed E-state index contributed by atoms with van der Waals surface area (Å²) in [6.45, 7) is 6.65. The van der Waals surface area contributed by atoms with Crippen LogP contribution in [0, 0.1) is 17.2 Å². The maximum Gasteiger partial charge on any atom is 0.409 e. The van der Waals surface area contributed by atoms with Gasteiger partial charge in [0.15, 0.2) is 0 Å². The molecule has 2 saturated heterocycles. The molecule has 4 rings (SSSR count). The smallest absolute Gasteiger partial charge is 0.409 e. The molecule has 2 fully saturated rings. The average Bonchev–Trinajstić information content (AvgIpc) is 3.39. The molecule has 198 valence electrons. The van der Waals surface area contributed by atoms with Crippen molar-refractivity contribution in [2.75, 3.05) is 63.6 Å². The minimum absolute atomic E-state index is 0.231. The van der Waals surface area contributed by atoms with Crippen LogP contribution >= 0.6 is 0 Å². The van der Waals surface area contributed by atoms with Gasteiger partial charge in [-0.2, -0.15) is 5.26 Å². The van der Waals surface area contributed by atoms with Gasteiger partial charge in [-0.15, -0.1) is 0 Å². The van der Waals surface area contributed by atoms with Gasteiger partial charge in [-0.05, 0) is 75.4 Å². The Morgan fingerprint density at radius 1 is 1.14 bits per heavy atom. The van der Waals surface area contributed by atoms with Crippen molar-refractivity contribution in [3.8, 4) is 6.07 Å². The molecular weight excluding hydrogens is 468 g/mol. The number of carbonyl (C=O) groups excluding carboxylic acids is 2. The van der Waals surface area contributed by atoms with Crippen LogP contribution < -0.4 is 10.2 Å². The highest BCUT2D eigenvalue weighted by Gasteiger charge is 2.27. The summed E-state index contributed by atoms with van der Waals surface area (Å²) in [5.41, 5.74) is 3.84. The Morgan fingerprint density at radius 2 is 1.86 bits per heavy atom. The van der Waals surface area contributed by atoms with Gasteiger partial charge < -0.3 is 29.7 Å². The number of nitrogens with zero attached hydrogens (tertiary/aromatic N) is 4. The van der Waals surface area contributed by atoms with E-state index in [1.807, 2.05) is 31.1 Å². The van der Waals surface area contributed by atoms with Crippen LogP contribution in [0.5, 0.6) is 0 Å². The third kappa shape index (κ3) is 6.83. The zero-order chi connectivity index (χ0) is 26.4. The number of hydrogen-bond donors (Lipinski definition) is 2. The van der Waals surface area contributed by atoms with E-state index in [9.17, 15) is 9.59 Å². The van der Waals surface area contributed by atoms with E-state index in [4.69, 9.17) is 10.00 Å². The van der Waals surface area contributed by atoms with Crippen LogP contribution in [0.2, 0.25) is 0 Å². The number of likely N-dealkylation sites (tertiary alicyclic amines) is 1. The van der Waals surface area contributed by atoms with Crippen molar-refractivity contribution in [3.05, 3.63) is 47.3 Å². The van der Waals surface area contributed by atoms with Crippen LogP contribution in [0.25, 0.3) is 0 Å². The number of carbonyl (C=O) groups is 2. The number of aromatic amines is 1. The van der Waals surface area contributed by atoms with E-state index in [1.54, 1.807) is 11.0 Å². The van der Waals surface area contributed by atoms with E-state index in [2.05, 4.69) is 34.3 Å². The molecule has 2 amide bonds. The maximum atomic E-state index is 12.9. The molecule has 0 aliphatic carbocycles. The quantitative estimate of drug-likeness (QED) is 0.582. The lowest BCUT2D eigenvalue weighted by molar-refractivity contribution is 0.0872. The summed E-state index contributed by atoms with van der Waals surface area (Å²) < 4.78 is 5.42. The first-order valence-electron chi connectivity index (χ1n) is 13.2. The lowest BCUT2D eigenvalue weighted by atomic mass is 9.88. The van der Waals surface area contributed by atoms with Crippen molar-refractivity contribution in [1.82, 2.24) is 14.8 Å². The predicted octanol–water partition coefficient (Wildman–Crippen LogP) is 4.25. The predicted molar refractivity (Wildman–Crippen MR) is 144 cm³/mol. The molecule has 37 heavy (non-hydrogen) atoms. The number of piperidine rings is 2. The Balaban J connectivity index is 1.46. The van der Waals surface area contributed by atoms with Crippen LogP contribution in [-0.2, 0) is 4.74 Å². The largest absolute Gasteiger partial charge is 0.448 e. The molecule has 2 N–H and O–H groups in total. The fourth-order valence-electron chi connectivity index (χ4n) is 5.00. The number of aromatic nitrogens is 1. The monoisotopic (exact) mass is 506 g/mol. The standard InChI is InChI=1S/C28H38N6O3/c1-20-6-10-33(11-7-20)26-17-23(4-5-24(26)31-27(35)25-16-21(18-29)19-30-25)22-8-12-34(13-9-22)28(36)37-15-14-32(2)3/h4-5,16-17,19-20,22,30H,6-15H2,1-3H3,(H,31,35). The molecule has 2 aliphatic heterocycles. The van der Waals surface area contributed by atoms with E-state index in [0.717, 1.165) is 50.1 Å². The summed E-state index contributed by atoms with van der Waals surface area (Å²) in [7, 11) is 3.92. The number of nitriles is 1. The third-order valence-electron chi connectivity index (χ3n) is 7.44. The lowest BCUT2D eigenvalue weighted by Crippen LogP contribution is -2.39. The number of nitrogens with one attached hydrogen (secondary N) is 2. The van der Waals surface area contributed by atoms with Crippen molar-refractivity contribution in [2.24, 2.45) is 5.92 Å². The molecule has 2 aliphatic rings. The van der Waals surface area contributed by atoms with Gasteiger partial charge in [0.05, 0.1) is 16.9 Å². The highest BCUT2D eigenvalue weighted by molar-refractivity contribution is 6.05. The fourth-order valence-corrected chi connectivity index (χ4v) is 5.00. The number of benzene rings is 1. The minimum Gasteiger partial charge on any atom is -0.448 e. The van der Waals surface area contributed by atoms with Crippen LogP contribution in [-0.4, -0.2) is 80.2 Å². The van der Waals surface area contributed by atoms with Gasteiger partial charge in [0.2, 0.25) is 0 Å². The normalized spacial score (nSPS) is 17.1. The molecule has 9 heteroatoms. The number of amides is 2. The molecule has 0 saturated carbocycles. The molecule has 1 aromatic carbocycles. The summed E-state index contributed by atoms with van der Waals surface area (Å²) in [5, 5.41) is 12.1. The van der Waals surface area contributed by atoms with E-state index >= 15 is 0 Å². The Labute approximate surface area is 219 Å². The summed E-state index contributed by atoms with van der Waals surface area (Å²) >= 11 is 0. The molecule has 1 aromatic heterocycles. The Hall–Kier alpha value is -3.51. The van der Waals surface area contributed by atoms with Crippen molar-refractivity contribution in [2.45, 2.75) is 38.5 Å². The number of rotatable bonds is 7. The number of likely N-dealkylation sites (N-methyl/N-ethyl adjacent to an activating group) is 1. The van der Waals surface area contributed by atoms with Crippen LogP contribution in [0.1, 0.15) is 60.1 Å². The SMILES string of the molecule is CC1CCN(c2cc(C3CCN(C(=O)OCCN(C)C)CC3)ccc2NC(=O)c2cc(C#N)c[nH]2)CC1. The average molecular weight is 507 g/mol. The van der Waals surface area contributed by atoms with Crippen molar-refractivity contribution < 1.29 is 14.3 Å². The van der Waals surface area contributed by atoms with Gasteiger partial charge in [-0.1, -0.05) is 13.0 Å². The molecule has 9 nitrogen and oxygen atoms in total. The highest BCUT2D eigenvalue weighted by Crippen LogP contribution is 2.36. The second-order valence-corrected chi connectivity index (χ2v) is 10.5. The van der Waals surface area contributed by atoms with Gasteiger partial charge in [-0.3, -0.25) is 4.79 Å². The molecule has 2 aromatic rings. The first-order valence-corrected chi connectivity index (χ1v) is 13.2. The second kappa shape index (κ2) is 12.2. The van der Waals surface area contributed by atoms with Crippen LogP contribution in [0.3, 0.4) is 0 Å². The number of ether oxygens (including phenoxy) is 1. The Morgan fingerprint density at radius 3 is 2.51 bits per heavy atom. The first kappa shape index (κ1) is 26.6. The number of H-pyrrole nitrogens is 1. The van der Waals surface area contributed by atoms with Gasteiger partial charge >= 0.3 is 6.09 Å². The highest BCUT2D eigenvalue weighted by atomic mass is 16.6. The second-order valence-electron chi connectivity index (χ2n) is 10.5. The van der Waals surface area contributed by atoms with E-state index in [1.165, 1.54) is 11.8 Å². The fraction of sp³-hybridized carbons (Fsp3) is 0.536. The van der Waals surface area contributed by atoms with E-state index in [-0.39, 0.29) is 12.0 Å². The van der Waals surface area contributed by atoms with Crippen LogP contribution in [0.4, 0.5) is 16.2 Å². The minimum atomic E-state index is -0.262. The van der Waals surface area contributed by atoms with Crippen molar-refractivity contribution in [1.29, 1.82) is 5.26 Å². The van der Waals surface area contributed by atoms with Gasteiger partial charge in [-0.25, -0.2) is 4.79 Å². The molecule has 0 atom stereocenters. The summed E-state index contributed by atoms with van der Waals surface area (Å²) in [6.07, 6.45) is 5.30. The summed E-state index contributed by atoms with van der Waals surface area (Å²) in [6, 6.07) is 9.92. The Kier molecular flexibility index (Phi) is 8.72. The summed E-state index contributed by atoms with van der Waals surface area (Å²) in [4.78, 5) is 34.4. The number of anilines is 2. The van der Waals surface area contributed by atoms with Gasteiger partial charge in [0.25, 0.3) is 5.91 Å². The zero-order valence-electron chi connectivity index (χ0n) is 22.1. The van der Waals surface area contributed by atoms with E-state index < -0.39 is 0 Å². The van der Waals surface area contributed by atoms with Crippen molar-refractivity contribution >= 4 is 23.4 Å². The molecule has 0 bridgehead atoms.